The fraction of sp³-hybridized carbons (Fsp3) is 0.417. The van der Waals surface area contributed by atoms with Crippen molar-refractivity contribution in [3.63, 3.8) is 0 Å². The molecule has 5 heteroatoms. The molecule has 0 unspecified atom stereocenters. The Morgan fingerprint density at radius 3 is 2.94 bits per heavy atom. The molecule has 0 aliphatic carbocycles. The number of aromatic nitrogens is 3. The van der Waals surface area contributed by atoms with Gasteiger partial charge in [-0.05, 0) is 31.5 Å². The first-order chi connectivity index (χ1) is 8.43. The van der Waals surface area contributed by atoms with Crippen LogP contribution < -0.4 is 5.32 Å². The van der Waals surface area contributed by atoms with Crippen molar-refractivity contribution < 1.29 is 4.52 Å². The Bertz CT molecular complexity index is 476. The van der Waals surface area contributed by atoms with Crippen molar-refractivity contribution in [2.24, 2.45) is 0 Å². The van der Waals surface area contributed by atoms with E-state index >= 15 is 0 Å². The largest absolute Gasteiger partial charge is 0.339 e. The summed E-state index contributed by atoms with van der Waals surface area (Å²) >= 11 is 0. The molecule has 1 aliphatic rings. The van der Waals surface area contributed by atoms with Crippen LogP contribution in [0.4, 0.5) is 0 Å². The molecule has 1 atom stereocenters. The molecule has 0 amide bonds. The van der Waals surface area contributed by atoms with Crippen LogP contribution in [0.25, 0.3) is 11.4 Å². The van der Waals surface area contributed by atoms with Crippen molar-refractivity contribution in [3.8, 4) is 11.4 Å². The summed E-state index contributed by atoms with van der Waals surface area (Å²) in [6.45, 7) is 2.01. The molecule has 2 aromatic rings. The van der Waals surface area contributed by atoms with Crippen molar-refractivity contribution >= 4 is 0 Å². The lowest BCUT2D eigenvalue weighted by molar-refractivity contribution is 0.322. The van der Waals surface area contributed by atoms with E-state index in [0.29, 0.717) is 11.7 Å². The number of hydrogen-bond donors (Lipinski definition) is 1. The molecular weight excluding hydrogens is 216 g/mol. The van der Waals surface area contributed by atoms with E-state index in [-0.39, 0.29) is 0 Å². The molecule has 1 fully saturated rings. The first-order valence-corrected chi connectivity index (χ1v) is 5.88. The van der Waals surface area contributed by atoms with Crippen molar-refractivity contribution in [3.05, 3.63) is 30.4 Å². The Labute approximate surface area is 99.3 Å². The van der Waals surface area contributed by atoms with Crippen LogP contribution >= 0.6 is 0 Å². The van der Waals surface area contributed by atoms with Crippen LogP contribution in [-0.2, 0) is 0 Å². The van der Waals surface area contributed by atoms with Gasteiger partial charge in [-0.2, -0.15) is 4.98 Å². The van der Waals surface area contributed by atoms with Gasteiger partial charge in [-0.25, -0.2) is 0 Å². The zero-order valence-corrected chi connectivity index (χ0v) is 9.47. The van der Waals surface area contributed by atoms with Gasteiger partial charge in [0.15, 0.2) is 0 Å². The zero-order valence-electron chi connectivity index (χ0n) is 9.47. The summed E-state index contributed by atoms with van der Waals surface area (Å²) in [7, 11) is 0. The van der Waals surface area contributed by atoms with Crippen LogP contribution in [0.2, 0.25) is 0 Å². The van der Waals surface area contributed by atoms with Crippen molar-refractivity contribution in [1.29, 1.82) is 0 Å². The number of hydrogen-bond acceptors (Lipinski definition) is 5. The number of rotatable bonds is 2. The van der Waals surface area contributed by atoms with Gasteiger partial charge in [-0.15, -0.1) is 0 Å². The van der Waals surface area contributed by atoms with Crippen LogP contribution in [0.5, 0.6) is 0 Å². The molecule has 88 valence electrons. The maximum Gasteiger partial charge on any atom is 0.231 e. The Morgan fingerprint density at radius 2 is 2.18 bits per heavy atom. The van der Waals surface area contributed by atoms with Gasteiger partial charge >= 0.3 is 0 Å². The highest BCUT2D eigenvalue weighted by atomic mass is 16.5. The number of nitrogens with zero attached hydrogens (tertiary/aromatic N) is 3. The predicted octanol–water partition coefficient (Wildman–Crippen LogP) is 1.60. The number of piperidine rings is 1. The van der Waals surface area contributed by atoms with E-state index in [1.165, 1.54) is 0 Å². The van der Waals surface area contributed by atoms with Crippen LogP contribution in [0.15, 0.2) is 29.0 Å². The summed E-state index contributed by atoms with van der Waals surface area (Å²) in [5, 5.41) is 7.36. The third-order valence-electron chi connectivity index (χ3n) is 3.03. The molecule has 0 bridgehead atoms. The van der Waals surface area contributed by atoms with Crippen LogP contribution in [0.1, 0.15) is 24.7 Å². The SMILES string of the molecule is c1cc(-c2noc([C@@H]3CCCNC3)n2)ccn1. The van der Waals surface area contributed by atoms with Crippen LogP contribution in [-0.4, -0.2) is 28.2 Å². The Hall–Kier alpha value is -1.75. The van der Waals surface area contributed by atoms with Gasteiger partial charge in [0.05, 0.1) is 5.92 Å². The second-order valence-electron chi connectivity index (χ2n) is 4.24. The highest BCUT2D eigenvalue weighted by Gasteiger charge is 2.21. The summed E-state index contributed by atoms with van der Waals surface area (Å²) < 4.78 is 5.34. The van der Waals surface area contributed by atoms with E-state index < -0.39 is 0 Å². The first-order valence-electron chi connectivity index (χ1n) is 5.88. The predicted molar refractivity (Wildman–Crippen MR) is 62.4 cm³/mol. The Kier molecular flexibility index (Phi) is 2.83. The monoisotopic (exact) mass is 230 g/mol. The van der Waals surface area contributed by atoms with E-state index in [2.05, 4.69) is 20.4 Å². The third kappa shape index (κ3) is 2.19. The molecule has 0 radical (unpaired) electrons. The fourth-order valence-corrected chi connectivity index (χ4v) is 2.08. The van der Waals surface area contributed by atoms with E-state index in [1.807, 2.05) is 12.1 Å². The normalized spacial score (nSPS) is 20.4. The molecule has 1 N–H and O–H groups in total. The van der Waals surface area contributed by atoms with Gasteiger partial charge in [0, 0.05) is 24.5 Å². The van der Waals surface area contributed by atoms with Gasteiger partial charge in [0.2, 0.25) is 11.7 Å². The number of pyridine rings is 1. The Morgan fingerprint density at radius 1 is 1.29 bits per heavy atom. The minimum atomic E-state index is 0.354. The quantitative estimate of drug-likeness (QED) is 0.849. The lowest BCUT2D eigenvalue weighted by atomic mass is 10.00. The van der Waals surface area contributed by atoms with Crippen molar-refractivity contribution in [1.82, 2.24) is 20.4 Å². The molecule has 0 spiro atoms. The summed E-state index contributed by atoms with van der Waals surface area (Å²) in [5.74, 6) is 1.74. The molecule has 3 heterocycles. The average molecular weight is 230 g/mol. The second kappa shape index (κ2) is 4.63. The van der Waals surface area contributed by atoms with E-state index in [9.17, 15) is 0 Å². The summed E-state index contributed by atoms with van der Waals surface area (Å²) in [6.07, 6.45) is 5.74. The summed E-state index contributed by atoms with van der Waals surface area (Å²) in [4.78, 5) is 8.43. The molecule has 2 aromatic heterocycles. The smallest absolute Gasteiger partial charge is 0.231 e. The van der Waals surface area contributed by atoms with Crippen molar-refractivity contribution in [2.45, 2.75) is 18.8 Å². The van der Waals surface area contributed by atoms with Crippen molar-refractivity contribution in [2.75, 3.05) is 13.1 Å². The molecule has 3 rings (SSSR count). The maximum absolute atomic E-state index is 5.34. The van der Waals surface area contributed by atoms with Crippen LogP contribution in [0, 0.1) is 0 Å². The minimum absolute atomic E-state index is 0.354. The second-order valence-corrected chi connectivity index (χ2v) is 4.24. The third-order valence-corrected chi connectivity index (χ3v) is 3.03. The molecule has 0 saturated carbocycles. The van der Waals surface area contributed by atoms with E-state index in [4.69, 9.17) is 4.52 Å². The summed E-state index contributed by atoms with van der Waals surface area (Å²) in [5.41, 5.74) is 0.943. The van der Waals surface area contributed by atoms with E-state index in [1.54, 1.807) is 12.4 Å². The van der Waals surface area contributed by atoms with E-state index in [0.717, 1.165) is 37.4 Å². The highest BCUT2D eigenvalue weighted by molar-refractivity contribution is 5.52. The topological polar surface area (TPSA) is 63.8 Å². The Balaban J connectivity index is 1.83. The first kappa shape index (κ1) is 10.4. The van der Waals surface area contributed by atoms with Gasteiger partial charge in [0.1, 0.15) is 0 Å². The van der Waals surface area contributed by atoms with Gasteiger partial charge in [-0.1, -0.05) is 5.16 Å². The van der Waals surface area contributed by atoms with Gasteiger partial charge in [0.25, 0.3) is 0 Å². The fourth-order valence-electron chi connectivity index (χ4n) is 2.08. The molecule has 5 nitrogen and oxygen atoms in total. The molecule has 1 saturated heterocycles. The minimum Gasteiger partial charge on any atom is -0.339 e. The lowest BCUT2D eigenvalue weighted by Crippen LogP contribution is -2.28. The molecule has 1 aliphatic heterocycles. The average Bonchev–Trinajstić information content (AvgIpc) is 2.90. The standard InChI is InChI=1S/C12H14N4O/c1-2-10(8-14-5-1)12-15-11(16-17-12)9-3-6-13-7-4-9/h3-4,6-7,10,14H,1-2,5,8H2/t10-/m1/s1. The molecule has 0 aromatic carbocycles. The summed E-state index contributed by atoms with van der Waals surface area (Å²) in [6, 6.07) is 3.77. The van der Waals surface area contributed by atoms with Crippen LogP contribution in [0.3, 0.4) is 0 Å². The number of nitrogens with one attached hydrogen (secondary N) is 1. The molecule has 17 heavy (non-hydrogen) atoms. The maximum atomic E-state index is 5.34. The molecular formula is C12H14N4O. The zero-order chi connectivity index (χ0) is 11.5. The van der Waals surface area contributed by atoms with Gasteiger partial charge < -0.3 is 9.84 Å². The lowest BCUT2D eigenvalue weighted by Gasteiger charge is -2.18. The van der Waals surface area contributed by atoms with Gasteiger partial charge in [-0.3, -0.25) is 4.98 Å². The highest BCUT2D eigenvalue weighted by Crippen LogP contribution is 2.23.